The number of rotatable bonds is 3. The highest BCUT2D eigenvalue weighted by atomic mass is 16.1. The van der Waals surface area contributed by atoms with E-state index in [0.717, 1.165) is 16.9 Å². The number of para-hydroxylation sites is 2. The van der Waals surface area contributed by atoms with Gasteiger partial charge in [0.2, 0.25) is 0 Å². The Bertz CT molecular complexity index is 763. The molecule has 4 heteroatoms. The number of carbonyl (C=O) groups is 1. The summed E-state index contributed by atoms with van der Waals surface area (Å²) in [6.07, 6.45) is 3.51. The van der Waals surface area contributed by atoms with Gasteiger partial charge in [-0.3, -0.25) is 4.79 Å². The minimum absolute atomic E-state index is 0.143. The number of nitrogens with zero attached hydrogens (tertiary/aromatic N) is 2. The van der Waals surface area contributed by atoms with Gasteiger partial charge in [-0.05, 0) is 36.8 Å². The normalized spacial score (nSPS) is 10.3. The summed E-state index contributed by atoms with van der Waals surface area (Å²) >= 11 is 0. The van der Waals surface area contributed by atoms with E-state index in [2.05, 4.69) is 10.4 Å². The average Bonchev–Trinajstić information content (AvgIpc) is 3.04. The second-order valence-electron chi connectivity index (χ2n) is 4.74. The topological polar surface area (TPSA) is 46.9 Å². The van der Waals surface area contributed by atoms with Crippen LogP contribution in [0.1, 0.15) is 15.9 Å². The van der Waals surface area contributed by atoms with E-state index < -0.39 is 0 Å². The largest absolute Gasteiger partial charge is 0.322 e. The molecule has 2 aromatic carbocycles. The van der Waals surface area contributed by atoms with Crippen molar-refractivity contribution in [3.8, 4) is 5.69 Å². The lowest BCUT2D eigenvalue weighted by Crippen LogP contribution is -2.15. The lowest BCUT2D eigenvalue weighted by atomic mass is 10.1. The molecule has 1 amide bonds. The number of hydrogen-bond acceptors (Lipinski definition) is 2. The van der Waals surface area contributed by atoms with Gasteiger partial charge < -0.3 is 5.32 Å². The summed E-state index contributed by atoms with van der Waals surface area (Å²) in [5, 5.41) is 7.14. The lowest BCUT2D eigenvalue weighted by Gasteiger charge is -2.11. The van der Waals surface area contributed by atoms with Gasteiger partial charge in [-0.2, -0.15) is 5.10 Å². The fraction of sp³-hybridized carbons (Fsp3) is 0.0588. The molecular weight excluding hydrogens is 262 g/mol. The molecule has 1 N–H and O–H groups in total. The molecule has 0 saturated carbocycles. The van der Waals surface area contributed by atoms with Gasteiger partial charge in [0.1, 0.15) is 0 Å². The maximum atomic E-state index is 12.5. The minimum atomic E-state index is -0.143. The van der Waals surface area contributed by atoms with Crippen molar-refractivity contribution in [1.29, 1.82) is 0 Å². The SMILES string of the molecule is Cc1ccccc1NC(=O)c1ccccc1-n1cccn1. The smallest absolute Gasteiger partial charge is 0.257 e. The Hall–Kier alpha value is -2.88. The van der Waals surface area contributed by atoms with E-state index in [1.165, 1.54) is 0 Å². The Morgan fingerprint density at radius 2 is 1.81 bits per heavy atom. The van der Waals surface area contributed by atoms with Crippen LogP contribution >= 0.6 is 0 Å². The zero-order valence-electron chi connectivity index (χ0n) is 11.7. The van der Waals surface area contributed by atoms with Crippen molar-refractivity contribution in [2.45, 2.75) is 6.92 Å². The summed E-state index contributed by atoms with van der Waals surface area (Å²) < 4.78 is 1.69. The van der Waals surface area contributed by atoms with Crippen LogP contribution in [-0.4, -0.2) is 15.7 Å². The van der Waals surface area contributed by atoms with Crippen molar-refractivity contribution >= 4 is 11.6 Å². The third kappa shape index (κ3) is 2.69. The monoisotopic (exact) mass is 277 g/mol. The predicted molar refractivity (Wildman–Crippen MR) is 82.7 cm³/mol. The highest BCUT2D eigenvalue weighted by molar-refractivity contribution is 6.07. The van der Waals surface area contributed by atoms with E-state index in [0.29, 0.717) is 5.56 Å². The number of benzene rings is 2. The third-order valence-corrected chi connectivity index (χ3v) is 3.29. The Morgan fingerprint density at radius 3 is 2.57 bits per heavy atom. The first-order valence-corrected chi connectivity index (χ1v) is 6.72. The molecule has 4 nitrogen and oxygen atoms in total. The number of hydrogen-bond donors (Lipinski definition) is 1. The number of anilines is 1. The van der Waals surface area contributed by atoms with Crippen LogP contribution in [0.4, 0.5) is 5.69 Å². The molecule has 0 atom stereocenters. The van der Waals surface area contributed by atoms with Crippen LogP contribution in [0, 0.1) is 6.92 Å². The molecule has 0 unspecified atom stereocenters. The quantitative estimate of drug-likeness (QED) is 0.797. The van der Waals surface area contributed by atoms with Gasteiger partial charge in [-0.25, -0.2) is 4.68 Å². The number of aryl methyl sites for hydroxylation is 1. The average molecular weight is 277 g/mol. The van der Waals surface area contributed by atoms with E-state index in [4.69, 9.17) is 0 Å². The molecule has 0 aliphatic rings. The fourth-order valence-corrected chi connectivity index (χ4v) is 2.18. The molecule has 3 rings (SSSR count). The first-order chi connectivity index (χ1) is 10.3. The van der Waals surface area contributed by atoms with Crippen LogP contribution in [0.15, 0.2) is 67.0 Å². The second kappa shape index (κ2) is 5.63. The van der Waals surface area contributed by atoms with E-state index >= 15 is 0 Å². The maximum absolute atomic E-state index is 12.5. The lowest BCUT2D eigenvalue weighted by molar-refractivity contribution is 0.102. The molecule has 0 aliphatic heterocycles. The Labute approximate surface area is 123 Å². The van der Waals surface area contributed by atoms with Crippen molar-refractivity contribution in [2.75, 3.05) is 5.32 Å². The van der Waals surface area contributed by atoms with E-state index in [1.807, 2.05) is 61.7 Å². The van der Waals surface area contributed by atoms with Gasteiger partial charge in [0.15, 0.2) is 0 Å². The highest BCUT2D eigenvalue weighted by Crippen LogP contribution is 2.18. The molecule has 0 fully saturated rings. The molecule has 0 spiro atoms. The summed E-state index contributed by atoms with van der Waals surface area (Å²) in [5.74, 6) is -0.143. The van der Waals surface area contributed by atoms with Crippen LogP contribution in [0.2, 0.25) is 0 Å². The first kappa shape index (κ1) is 13.1. The maximum Gasteiger partial charge on any atom is 0.257 e. The second-order valence-corrected chi connectivity index (χ2v) is 4.74. The molecule has 1 aromatic heterocycles. The van der Waals surface area contributed by atoms with Crippen LogP contribution in [0.25, 0.3) is 5.69 Å². The highest BCUT2D eigenvalue weighted by Gasteiger charge is 2.13. The Morgan fingerprint density at radius 1 is 1.05 bits per heavy atom. The number of aromatic nitrogens is 2. The summed E-state index contributed by atoms with van der Waals surface area (Å²) in [5.41, 5.74) is 3.19. The van der Waals surface area contributed by atoms with Crippen molar-refractivity contribution in [2.24, 2.45) is 0 Å². The molecule has 21 heavy (non-hydrogen) atoms. The summed E-state index contributed by atoms with van der Waals surface area (Å²) in [6.45, 7) is 1.97. The number of carbonyl (C=O) groups excluding carboxylic acids is 1. The standard InChI is InChI=1S/C17H15N3O/c1-13-7-2-4-9-15(13)19-17(21)14-8-3-5-10-16(14)20-12-6-11-18-20/h2-12H,1H3,(H,19,21). The zero-order valence-corrected chi connectivity index (χ0v) is 11.7. The summed E-state index contributed by atoms with van der Waals surface area (Å²) in [7, 11) is 0. The summed E-state index contributed by atoms with van der Waals surface area (Å²) in [4.78, 5) is 12.5. The molecule has 3 aromatic rings. The van der Waals surface area contributed by atoms with Gasteiger partial charge in [0, 0.05) is 18.1 Å². The molecule has 0 bridgehead atoms. The predicted octanol–water partition coefficient (Wildman–Crippen LogP) is 3.43. The molecule has 104 valence electrons. The summed E-state index contributed by atoms with van der Waals surface area (Å²) in [6, 6.07) is 16.9. The van der Waals surface area contributed by atoms with Gasteiger partial charge in [0.25, 0.3) is 5.91 Å². The molecule has 0 saturated heterocycles. The molecule has 0 radical (unpaired) electrons. The van der Waals surface area contributed by atoms with Gasteiger partial charge in [0.05, 0.1) is 11.3 Å². The molecule has 0 aliphatic carbocycles. The third-order valence-electron chi connectivity index (χ3n) is 3.29. The van der Waals surface area contributed by atoms with E-state index in [9.17, 15) is 4.79 Å². The van der Waals surface area contributed by atoms with Crippen LogP contribution in [0.3, 0.4) is 0 Å². The van der Waals surface area contributed by atoms with Gasteiger partial charge in [-0.15, -0.1) is 0 Å². The van der Waals surface area contributed by atoms with Gasteiger partial charge in [-0.1, -0.05) is 30.3 Å². The van der Waals surface area contributed by atoms with Crippen molar-refractivity contribution in [1.82, 2.24) is 9.78 Å². The van der Waals surface area contributed by atoms with Crippen LogP contribution in [0.5, 0.6) is 0 Å². The van der Waals surface area contributed by atoms with Crippen molar-refractivity contribution in [3.63, 3.8) is 0 Å². The van der Waals surface area contributed by atoms with Crippen molar-refractivity contribution in [3.05, 3.63) is 78.1 Å². The number of amides is 1. The molecule has 1 heterocycles. The van der Waals surface area contributed by atoms with Crippen LogP contribution < -0.4 is 5.32 Å². The fourth-order valence-electron chi connectivity index (χ4n) is 2.18. The van der Waals surface area contributed by atoms with E-state index in [-0.39, 0.29) is 5.91 Å². The Kier molecular flexibility index (Phi) is 3.51. The van der Waals surface area contributed by atoms with Crippen molar-refractivity contribution < 1.29 is 4.79 Å². The minimum Gasteiger partial charge on any atom is -0.322 e. The molecular formula is C17H15N3O. The van der Waals surface area contributed by atoms with Crippen LogP contribution in [-0.2, 0) is 0 Å². The Balaban J connectivity index is 1.94. The van der Waals surface area contributed by atoms with Gasteiger partial charge >= 0.3 is 0 Å². The zero-order chi connectivity index (χ0) is 14.7. The number of nitrogens with one attached hydrogen (secondary N) is 1. The first-order valence-electron chi connectivity index (χ1n) is 6.72. The van der Waals surface area contributed by atoms with E-state index in [1.54, 1.807) is 16.9 Å².